The Morgan fingerprint density at radius 2 is 2.08 bits per heavy atom. The summed E-state index contributed by atoms with van der Waals surface area (Å²) in [4.78, 5) is 22.7. The molecule has 2 rings (SSSR count). The molecule has 0 radical (unpaired) electrons. The normalized spacial score (nSPS) is 11.0. The van der Waals surface area contributed by atoms with Gasteiger partial charge in [0.1, 0.15) is 17.5 Å². The van der Waals surface area contributed by atoms with E-state index < -0.39 is 10.8 Å². The number of hydrogen-bond donors (Lipinski definition) is 1. The number of anilines is 1. The van der Waals surface area contributed by atoms with Crippen molar-refractivity contribution in [2.45, 2.75) is 27.2 Å². The summed E-state index contributed by atoms with van der Waals surface area (Å²) in [6.07, 6.45) is -0.272. The Bertz CT molecular complexity index is 907. The number of aryl methyl sites for hydroxylation is 1. The third kappa shape index (κ3) is 3.87. The molecular weight excluding hydrogens is 324 g/mol. The van der Waals surface area contributed by atoms with Crippen LogP contribution in [0.15, 0.2) is 29.4 Å². The van der Waals surface area contributed by atoms with Crippen molar-refractivity contribution in [3.05, 3.63) is 51.3 Å². The predicted octanol–water partition coefficient (Wildman–Crippen LogP) is 2.74. The molecule has 0 bridgehead atoms. The molecule has 1 aromatic carbocycles. The highest BCUT2D eigenvalue weighted by molar-refractivity contribution is 6.10. The Kier molecular flexibility index (Phi) is 5.24. The van der Waals surface area contributed by atoms with Gasteiger partial charge in [0.05, 0.1) is 17.0 Å². The predicted molar refractivity (Wildman–Crippen MR) is 91.4 cm³/mol. The van der Waals surface area contributed by atoms with Gasteiger partial charge < -0.3 is 0 Å². The number of carbonyl (C=O) groups is 1. The first-order valence-electron chi connectivity index (χ1n) is 7.37. The Labute approximate surface area is 143 Å². The van der Waals surface area contributed by atoms with Gasteiger partial charge in [0, 0.05) is 11.8 Å². The number of carbonyl (C=O) groups excluding carboxylic acids is 1. The first kappa shape index (κ1) is 17.8. The van der Waals surface area contributed by atoms with Gasteiger partial charge in [-0.05, 0) is 32.4 Å². The number of hydrogen-bond acceptors (Lipinski definition) is 7. The van der Waals surface area contributed by atoms with E-state index in [1.165, 1.54) is 22.9 Å². The van der Waals surface area contributed by atoms with Crippen LogP contribution in [0, 0.1) is 42.2 Å². The SMILES string of the molecule is Cc1nn(C(=O)C/C(C#N)=N\Nc2ccccc2[N+](=O)[O-])c(C)c1C. The number of para-hydroxylation sites is 2. The smallest absolute Gasteiger partial charge is 0.272 e. The third-order valence-corrected chi connectivity index (χ3v) is 3.75. The van der Waals surface area contributed by atoms with Crippen LogP contribution in [0.1, 0.15) is 28.2 Å². The minimum Gasteiger partial charge on any atom is -0.272 e. The van der Waals surface area contributed by atoms with E-state index in [1.54, 1.807) is 19.9 Å². The Balaban J connectivity index is 2.19. The fourth-order valence-corrected chi connectivity index (χ4v) is 2.14. The molecule has 0 saturated carbocycles. The van der Waals surface area contributed by atoms with Gasteiger partial charge in [-0.2, -0.15) is 15.5 Å². The van der Waals surface area contributed by atoms with E-state index in [0.717, 1.165) is 11.3 Å². The second-order valence-electron chi connectivity index (χ2n) is 5.33. The average molecular weight is 340 g/mol. The monoisotopic (exact) mass is 340 g/mol. The summed E-state index contributed by atoms with van der Waals surface area (Å²) in [6.45, 7) is 5.42. The van der Waals surface area contributed by atoms with Gasteiger partial charge in [-0.15, -0.1) is 0 Å². The van der Waals surface area contributed by atoms with E-state index in [2.05, 4.69) is 15.6 Å². The Morgan fingerprint density at radius 1 is 1.40 bits per heavy atom. The lowest BCUT2D eigenvalue weighted by Gasteiger charge is -2.04. The van der Waals surface area contributed by atoms with Gasteiger partial charge in [-0.25, -0.2) is 4.68 Å². The molecular formula is C16H16N6O3. The van der Waals surface area contributed by atoms with Gasteiger partial charge in [0.2, 0.25) is 0 Å². The molecule has 0 atom stereocenters. The van der Waals surface area contributed by atoms with Crippen LogP contribution in [0.2, 0.25) is 0 Å². The zero-order valence-electron chi connectivity index (χ0n) is 14.0. The number of hydrazone groups is 1. The van der Waals surface area contributed by atoms with Gasteiger partial charge in [0.25, 0.3) is 11.6 Å². The lowest BCUT2D eigenvalue weighted by atomic mass is 10.2. The Hall–Kier alpha value is -3.54. The molecule has 1 heterocycles. The van der Waals surface area contributed by atoms with Crippen LogP contribution in [0.5, 0.6) is 0 Å². The number of nitrogens with zero attached hydrogens (tertiary/aromatic N) is 5. The fraction of sp³-hybridized carbons (Fsp3) is 0.250. The van der Waals surface area contributed by atoms with Crippen LogP contribution in [0.3, 0.4) is 0 Å². The molecule has 2 aromatic rings. The maximum absolute atomic E-state index is 12.3. The van der Waals surface area contributed by atoms with Crippen molar-refractivity contribution in [3.63, 3.8) is 0 Å². The first-order valence-corrected chi connectivity index (χ1v) is 7.37. The summed E-state index contributed by atoms with van der Waals surface area (Å²) < 4.78 is 1.24. The molecule has 25 heavy (non-hydrogen) atoms. The molecule has 1 N–H and O–H groups in total. The topological polar surface area (TPSA) is 126 Å². The van der Waals surface area contributed by atoms with E-state index in [1.807, 2.05) is 13.0 Å². The zero-order chi connectivity index (χ0) is 18.6. The van der Waals surface area contributed by atoms with Crippen LogP contribution in [-0.2, 0) is 0 Å². The van der Waals surface area contributed by atoms with Crippen LogP contribution < -0.4 is 5.43 Å². The summed E-state index contributed by atoms with van der Waals surface area (Å²) in [5.74, 6) is -0.404. The van der Waals surface area contributed by atoms with E-state index in [-0.39, 0.29) is 23.5 Å². The van der Waals surface area contributed by atoms with Crippen LogP contribution in [0.25, 0.3) is 0 Å². The first-order chi connectivity index (χ1) is 11.8. The van der Waals surface area contributed by atoms with Crippen molar-refractivity contribution in [1.82, 2.24) is 9.78 Å². The van der Waals surface area contributed by atoms with Crippen molar-refractivity contribution < 1.29 is 9.72 Å². The van der Waals surface area contributed by atoms with Crippen molar-refractivity contribution in [3.8, 4) is 6.07 Å². The minimum absolute atomic E-state index is 0.103. The summed E-state index contributed by atoms with van der Waals surface area (Å²) >= 11 is 0. The van der Waals surface area contributed by atoms with Crippen molar-refractivity contribution >= 4 is 23.0 Å². The molecule has 0 fully saturated rings. The molecule has 9 nitrogen and oxygen atoms in total. The third-order valence-electron chi connectivity index (χ3n) is 3.75. The number of aromatic nitrogens is 2. The summed E-state index contributed by atoms with van der Waals surface area (Å²) in [6, 6.07) is 7.71. The van der Waals surface area contributed by atoms with Gasteiger partial charge in [-0.1, -0.05) is 12.1 Å². The maximum atomic E-state index is 12.3. The molecule has 0 aliphatic heterocycles. The molecule has 0 amide bonds. The second kappa shape index (κ2) is 7.35. The maximum Gasteiger partial charge on any atom is 0.294 e. The van der Waals surface area contributed by atoms with Gasteiger partial charge in [0.15, 0.2) is 0 Å². The number of nitro groups is 1. The van der Waals surface area contributed by atoms with E-state index in [4.69, 9.17) is 0 Å². The highest BCUT2D eigenvalue weighted by Gasteiger charge is 2.17. The van der Waals surface area contributed by atoms with Crippen molar-refractivity contribution in [2.75, 3.05) is 5.43 Å². The van der Waals surface area contributed by atoms with Crippen LogP contribution >= 0.6 is 0 Å². The standard InChI is InChI=1S/C16H16N6O3/c1-10-11(2)20-21(12(10)3)16(23)8-13(9-17)18-19-14-6-4-5-7-15(14)22(24)25/h4-7,19H,8H2,1-3H3/b18-13+. The quantitative estimate of drug-likeness (QED) is 0.506. The molecule has 1 aromatic heterocycles. The molecule has 0 unspecified atom stereocenters. The lowest BCUT2D eigenvalue weighted by molar-refractivity contribution is -0.384. The van der Waals surface area contributed by atoms with Crippen LogP contribution in [0.4, 0.5) is 11.4 Å². The number of rotatable bonds is 5. The van der Waals surface area contributed by atoms with Gasteiger partial charge in [-0.3, -0.25) is 20.3 Å². The number of benzene rings is 1. The highest BCUT2D eigenvalue weighted by Crippen LogP contribution is 2.23. The second-order valence-corrected chi connectivity index (χ2v) is 5.33. The summed E-state index contributed by atoms with van der Waals surface area (Å²) in [5.41, 5.74) is 4.67. The lowest BCUT2D eigenvalue weighted by Crippen LogP contribution is -2.18. The number of nitrogens with one attached hydrogen (secondary N) is 1. The van der Waals surface area contributed by atoms with E-state index in [0.29, 0.717) is 5.69 Å². The van der Waals surface area contributed by atoms with Gasteiger partial charge >= 0.3 is 0 Å². The average Bonchev–Trinajstić information content (AvgIpc) is 2.86. The van der Waals surface area contributed by atoms with E-state index >= 15 is 0 Å². The number of nitro benzene ring substituents is 1. The molecule has 0 aliphatic rings. The molecule has 0 saturated heterocycles. The van der Waals surface area contributed by atoms with Crippen molar-refractivity contribution in [1.29, 1.82) is 5.26 Å². The zero-order valence-corrected chi connectivity index (χ0v) is 14.0. The van der Waals surface area contributed by atoms with Crippen LogP contribution in [-0.4, -0.2) is 26.3 Å². The molecule has 0 spiro atoms. The molecule has 9 heteroatoms. The van der Waals surface area contributed by atoms with E-state index in [9.17, 15) is 20.2 Å². The largest absolute Gasteiger partial charge is 0.294 e. The van der Waals surface area contributed by atoms with Crippen molar-refractivity contribution in [2.24, 2.45) is 5.10 Å². The Morgan fingerprint density at radius 3 is 2.64 bits per heavy atom. The highest BCUT2D eigenvalue weighted by atomic mass is 16.6. The summed E-state index contributed by atoms with van der Waals surface area (Å²) in [5, 5.41) is 28.1. The molecule has 0 aliphatic carbocycles. The number of nitriles is 1. The summed E-state index contributed by atoms with van der Waals surface area (Å²) in [7, 11) is 0. The fourth-order valence-electron chi connectivity index (χ4n) is 2.14. The minimum atomic E-state index is -0.562. The molecule has 128 valence electrons.